The van der Waals surface area contributed by atoms with Crippen LogP contribution in [0.4, 0.5) is 27.8 Å². The maximum absolute atomic E-state index is 13.8. The molecule has 3 heterocycles. The Labute approximate surface area is 160 Å². The third-order valence-electron chi connectivity index (χ3n) is 4.29. The summed E-state index contributed by atoms with van der Waals surface area (Å²) >= 11 is 0. The minimum atomic E-state index is -4.68. The highest BCUT2D eigenvalue weighted by Crippen LogP contribution is 2.39. The molecule has 0 atom stereocenters. The van der Waals surface area contributed by atoms with E-state index in [-0.39, 0.29) is 46.2 Å². The van der Waals surface area contributed by atoms with Crippen LogP contribution >= 0.6 is 0 Å². The number of nitrogens with zero attached hydrogens (tertiary/aromatic N) is 3. The van der Waals surface area contributed by atoms with E-state index >= 15 is 0 Å². The number of aromatic nitrogens is 3. The molecule has 0 aliphatic carbocycles. The Morgan fingerprint density at radius 2 is 1.69 bits per heavy atom. The van der Waals surface area contributed by atoms with Gasteiger partial charge in [-0.15, -0.1) is 0 Å². The number of alkyl halides is 3. The fourth-order valence-corrected chi connectivity index (χ4v) is 3.20. The second-order valence-electron chi connectivity index (χ2n) is 6.39. The van der Waals surface area contributed by atoms with Crippen molar-refractivity contribution in [3.63, 3.8) is 0 Å². The van der Waals surface area contributed by atoms with Crippen molar-refractivity contribution in [1.29, 1.82) is 5.41 Å². The van der Waals surface area contributed by atoms with Gasteiger partial charge in [-0.1, -0.05) is 0 Å². The summed E-state index contributed by atoms with van der Waals surface area (Å²) in [4.78, 5) is 7.61. The van der Waals surface area contributed by atoms with Gasteiger partial charge in [-0.25, -0.2) is 23.4 Å². The van der Waals surface area contributed by atoms with Crippen molar-refractivity contribution < 1.29 is 22.0 Å². The lowest BCUT2D eigenvalue weighted by atomic mass is 9.98. The Bertz CT molecular complexity index is 1160. The summed E-state index contributed by atoms with van der Waals surface area (Å²) in [6.45, 7) is 1.60. The minimum Gasteiger partial charge on any atom is -0.351 e. The lowest BCUT2D eigenvalue weighted by Crippen LogP contribution is -2.28. The molecule has 0 spiro atoms. The van der Waals surface area contributed by atoms with Crippen LogP contribution in [0.15, 0.2) is 30.3 Å². The van der Waals surface area contributed by atoms with Crippen LogP contribution in [-0.4, -0.2) is 21.3 Å². The van der Waals surface area contributed by atoms with Crippen LogP contribution in [0.25, 0.3) is 22.4 Å². The van der Waals surface area contributed by atoms with Gasteiger partial charge in [0.05, 0.1) is 11.3 Å². The third-order valence-corrected chi connectivity index (χ3v) is 4.29. The van der Waals surface area contributed by atoms with Gasteiger partial charge in [-0.3, -0.25) is 5.41 Å². The van der Waals surface area contributed by atoms with Crippen molar-refractivity contribution in [1.82, 2.24) is 14.6 Å². The van der Waals surface area contributed by atoms with Gasteiger partial charge in [0.25, 0.3) is 0 Å². The highest BCUT2D eigenvalue weighted by Gasteiger charge is 2.34. The van der Waals surface area contributed by atoms with Gasteiger partial charge in [0.1, 0.15) is 29.8 Å². The number of pyridine rings is 1. The minimum absolute atomic E-state index is 0.00822. The van der Waals surface area contributed by atoms with Gasteiger partial charge < -0.3 is 10.7 Å². The molecule has 0 saturated carbocycles. The molecule has 4 rings (SSSR count). The van der Waals surface area contributed by atoms with Crippen molar-refractivity contribution in [2.24, 2.45) is 0 Å². The average Bonchev–Trinajstić information content (AvgIpc) is 3.09. The maximum atomic E-state index is 13.8. The van der Waals surface area contributed by atoms with Gasteiger partial charge in [-0.2, -0.15) is 13.2 Å². The second kappa shape index (κ2) is 6.54. The van der Waals surface area contributed by atoms with E-state index < -0.39 is 23.5 Å². The van der Waals surface area contributed by atoms with E-state index in [9.17, 15) is 22.0 Å². The molecule has 2 aromatic heterocycles. The van der Waals surface area contributed by atoms with Crippen LogP contribution in [0.2, 0.25) is 0 Å². The molecule has 0 fully saturated rings. The standard InChI is InChI=1S/C18H13F5N6/c1-8-2-9(5-13(27-8)18(21,22)23)14-15(10-3-11(19)6-12(20)4-10)28-17(24)29-16(14)25-7-26-29/h2-6,24-26H,7H2,1H3. The summed E-state index contributed by atoms with van der Waals surface area (Å²) in [6.07, 6.45) is -4.68. The first-order chi connectivity index (χ1) is 13.6. The number of rotatable bonds is 2. The molecule has 0 radical (unpaired) electrons. The van der Waals surface area contributed by atoms with E-state index in [1.165, 1.54) is 17.7 Å². The van der Waals surface area contributed by atoms with Gasteiger partial charge in [-0.05, 0) is 36.8 Å². The molecular weight excluding hydrogens is 395 g/mol. The number of benzene rings is 1. The van der Waals surface area contributed by atoms with Crippen LogP contribution in [-0.2, 0) is 6.18 Å². The molecule has 11 heteroatoms. The largest absolute Gasteiger partial charge is 0.433 e. The molecular formula is C18H13F5N6. The third kappa shape index (κ3) is 3.39. The summed E-state index contributed by atoms with van der Waals surface area (Å²) < 4.78 is 68.7. The summed E-state index contributed by atoms with van der Waals surface area (Å²) in [5, 5.41) is 11.0. The highest BCUT2D eigenvalue weighted by atomic mass is 19.4. The van der Waals surface area contributed by atoms with Crippen LogP contribution in [0.1, 0.15) is 11.4 Å². The monoisotopic (exact) mass is 408 g/mol. The van der Waals surface area contributed by atoms with E-state index in [4.69, 9.17) is 5.41 Å². The number of hydrogen-bond acceptors (Lipinski definition) is 5. The van der Waals surface area contributed by atoms with Crippen molar-refractivity contribution >= 4 is 5.82 Å². The number of aryl methyl sites for hydroxylation is 1. The molecule has 0 unspecified atom stereocenters. The summed E-state index contributed by atoms with van der Waals surface area (Å²) in [7, 11) is 0. The summed E-state index contributed by atoms with van der Waals surface area (Å²) in [5.41, 5.74) is 1.73. The van der Waals surface area contributed by atoms with Crippen LogP contribution in [0, 0.1) is 24.0 Å². The molecule has 0 amide bonds. The molecule has 1 aliphatic heterocycles. The van der Waals surface area contributed by atoms with Gasteiger partial charge in [0.2, 0.25) is 5.62 Å². The maximum Gasteiger partial charge on any atom is 0.433 e. The van der Waals surface area contributed by atoms with Crippen LogP contribution < -0.4 is 16.4 Å². The van der Waals surface area contributed by atoms with Crippen LogP contribution in [0.3, 0.4) is 0 Å². The number of nitrogens with one attached hydrogen (secondary N) is 3. The zero-order valence-electron chi connectivity index (χ0n) is 14.8. The van der Waals surface area contributed by atoms with Crippen molar-refractivity contribution in [3.8, 4) is 22.4 Å². The molecule has 6 nitrogen and oxygen atoms in total. The predicted octanol–water partition coefficient (Wildman–Crippen LogP) is 3.62. The van der Waals surface area contributed by atoms with E-state index in [1.807, 2.05) is 0 Å². The summed E-state index contributed by atoms with van der Waals surface area (Å²) in [6, 6.07) is 4.94. The second-order valence-corrected chi connectivity index (χ2v) is 6.39. The Morgan fingerprint density at radius 1 is 1.00 bits per heavy atom. The van der Waals surface area contributed by atoms with E-state index in [2.05, 4.69) is 20.7 Å². The first-order valence-electron chi connectivity index (χ1n) is 8.35. The lowest BCUT2D eigenvalue weighted by molar-refractivity contribution is -0.141. The van der Waals surface area contributed by atoms with Crippen molar-refractivity contribution in [3.05, 3.63) is 59.0 Å². The smallest absolute Gasteiger partial charge is 0.351 e. The topological polar surface area (TPSA) is 78.6 Å². The quantitative estimate of drug-likeness (QED) is 0.566. The Balaban J connectivity index is 2.07. The molecule has 3 N–H and O–H groups in total. The zero-order chi connectivity index (χ0) is 20.9. The zero-order valence-corrected chi connectivity index (χ0v) is 14.8. The SMILES string of the molecule is Cc1cc(-c2c(-c3cc(F)cc(F)c3)nc(=N)n3c2NCN3)cc(C(F)(F)F)n1. The van der Waals surface area contributed by atoms with Crippen LogP contribution in [0.5, 0.6) is 0 Å². The van der Waals surface area contributed by atoms with E-state index in [0.29, 0.717) is 6.07 Å². The van der Waals surface area contributed by atoms with E-state index in [0.717, 1.165) is 18.2 Å². The molecule has 3 aromatic rings. The van der Waals surface area contributed by atoms with Gasteiger partial charge in [0.15, 0.2) is 0 Å². The molecule has 0 bridgehead atoms. The Kier molecular flexibility index (Phi) is 4.25. The number of fused-ring (bicyclic) bond motifs is 1. The predicted molar refractivity (Wildman–Crippen MR) is 94.3 cm³/mol. The normalized spacial score (nSPS) is 13.0. The molecule has 1 aromatic carbocycles. The molecule has 150 valence electrons. The Hall–Kier alpha value is -3.50. The van der Waals surface area contributed by atoms with Gasteiger partial charge in [0, 0.05) is 17.3 Å². The molecule has 0 saturated heterocycles. The lowest BCUT2D eigenvalue weighted by Gasteiger charge is -2.16. The first kappa shape index (κ1) is 18.8. The Morgan fingerprint density at radius 3 is 2.34 bits per heavy atom. The number of halogens is 5. The average molecular weight is 408 g/mol. The fourth-order valence-electron chi connectivity index (χ4n) is 3.20. The molecule has 29 heavy (non-hydrogen) atoms. The van der Waals surface area contributed by atoms with Gasteiger partial charge >= 0.3 is 6.18 Å². The highest BCUT2D eigenvalue weighted by molar-refractivity contribution is 5.89. The fraction of sp³-hybridized carbons (Fsp3) is 0.167. The number of anilines is 1. The van der Waals surface area contributed by atoms with E-state index in [1.54, 1.807) is 0 Å². The van der Waals surface area contributed by atoms with Crippen molar-refractivity contribution in [2.45, 2.75) is 13.1 Å². The van der Waals surface area contributed by atoms with Crippen molar-refractivity contribution in [2.75, 3.05) is 17.4 Å². The first-order valence-corrected chi connectivity index (χ1v) is 8.35. The number of hydrogen-bond donors (Lipinski definition) is 3. The summed E-state index contributed by atoms with van der Waals surface area (Å²) in [5.74, 6) is -1.50. The molecule has 1 aliphatic rings.